The van der Waals surface area contributed by atoms with E-state index in [2.05, 4.69) is 15.3 Å². The van der Waals surface area contributed by atoms with E-state index in [0.29, 0.717) is 12.4 Å². The van der Waals surface area contributed by atoms with Crippen LogP contribution in [0.1, 0.15) is 42.5 Å². The molecule has 1 heterocycles. The minimum atomic E-state index is -1.05. The van der Waals surface area contributed by atoms with E-state index in [1.807, 2.05) is 0 Å². The number of aromatic carboxylic acids is 1. The molecule has 19 heavy (non-hydrogen) atoms. The molecule has 1 aromatic heterocycles. The zero-order valence-corrected chi connectivity index (χ0v) is 10.8. The Morgan fingerprint density at radius 1 is 1.37 bits per heavy atom. The lowest BCUT2D eigenvalue weighted by Gasteiger charge is -2.35. The molecule has 0 spiro atoms. The lowest BCUT2D eigenvalue weighted by molar-refractivity contribution is 0.0696. The first-order valence-corrected chi connectivity index (χ1v) is 6.55. The van der Waals surface area contributed by atoms with Crippen LogP contribution in [0.5, 0.6) is 0 Å². The third kappa shape index (κ3) is 3.20. The summed E-state index contributed by atoms with van der Waals surface area (Å²) in [4.78, 5) is 18.7. The normalized spacial score (nSPS) is 17.9. The number of aliphatic hydroxyl groups excluding tert-OH is 1. The van der Waals surface area contributed by atoms with Crippen LogP contribution >= 0.6 is 0 Å². The van der Waals surface area contributed by atoms with Gasteiger partial charge in [0.25, 0.3) is 0 Å². The molecule has 1 saturated carbocycles. The van der Waals surface area contributed by atoms with Crippen molar-refractivity contribution in [3.63, 3.8) is 0 Å². The van der Waals surface area contributed by atoms with E-state index in [9.17, 15) is 9.90 Å². The van der Waals surface area contributed by atoms with Crippen molar-refractivity contribution in [3.05, 3.63) is 18.1 Å². The van der Waals surface area contributed by atoms with E-state index in [-0.39, 0.29) is 17.6 Å². The molecule has 1 aliphatic carbocycles. The summed E-state index contributed by atoms with van der Waals surface area (Å²) in [6.07, 6.45) is 7.95. The van der Waals surface area contributed by atoms with Gasteiger partial charge >= 0.3 is 5.97 Å². The Morgan fingerprint density at radius 3 is 2.74 bits per heavy atom. The van der Waals surface area contributed by atoms with E-state index < -0.39 is 5.97 Å². The predicted octanol–water partition coefficient (Wildman–Crippen LogP) is 1.53. The summed E-state index contributed by atoms with van der Waals surface area (Å²) in [5.41, 5.74) is -0.0923. The van der Waals surface area contributed by atoms with Crippen LogP contribution in [0, 0.1) is 5.41 Å². The van der Waals surface area contributed by atoms with Crippen molar-refractivity contribution in [1.82, 2.24) is 9.97 Å². The first kappa shape index (κ1) is 13.7. The highest BCUT2D eigenvalue weighted by molar-refractivity contribution is 5.92. The van der Waals surface area contributed by atoms with Gasteiger partial charge in [-0.2, -0.15) is 0 Å². The Morgan fingerprint density at radius 2 is 2.11 bits per heavy atom. The maximum Gasteiger partial charge on any atom is 0.341 e. The van der Waals surface area contributed by atoms with Crippen LogP contribution in [-0.4, -0.2) is 39.3 Å². The predicted molar refractivity (Wildman–Crippen MR) is 70.1 cm³/mol. The van der Waals surface area contributed by atoms with Crippen molar-refractivity contribution >= 4 is 11.8 Å². The first-order chi connectivity index (χ1) is 9.17. The Hall–Kier alpha value is -1.69. The van der Waals surface area contributed by atoms with Crippen molar-refractivity contribution in [2.45, 2.75) is 32.1 Å². The molecule has 0 unspecified atom stereocenters. The molecule has 104 valence electrons. The van der Waals surface area contributed by atoms with Crippen molar-refractivity contribution in [2.75, 3.05) is 18.5 Å². The molecular formula is C13H19N3O3. The lowest BCUT2D eigenvalue weighted by atomic mass is 9.74. The van der Waals surface area contributed by atoms with Crippen LogP contribution in [0.25, 0.3) is 0 Å². The van der Waals surface area contributed by atoms with Crippen LogP contribution in [0.3, 0.4) is 0 Å². The van der Waals surface area contributed by atoms with Gasteiger partial charge in [-0.25, -0.2) is 14.8 Å². The number of aromatic nitrogens is 2. The maximum atomic E-state index is 11.1. The van der Waals surface area contributed by atoms with Gasteiger partial charge in [0.15, 0.2) is 0 Å². The molecule has 0 amide bonds. The standard InChI is InChI=1S/C13H19N3O3/c17-8-13(4-2-1-3-5-13)7-15-11-10(12(18)19)6-14-9-16-11/h6,9,17H,1-5,7-8H2,(H,18,19)(H,14,15,16). The van der Waals surface area contributed by atoms with Gasteiger partial charge in [0, 0.05) is 18.2 Å². The molecule has 6 heteroatoms. The zero-order chi connectivity index (χ0) is 13.7. The molecule has 1 aliphatic rings. The van der Waals surface area contributed by atoms with Gasteiger partial charge in [-0.05, 0) is 12.8 Å². The maximum absolute atomic E-state index is 11.1. The Kier molecular flexibility index (Phi) is 4.31. The third-order valence-electron chi connectivity index (χ3n) is 3.82. The fourth-order valence-corrected chi connectivity index (χ4v) is 2.59. The number of hydrogen-bond donors (Lipinski definition) is 3. The topological polar surface area (TPSA) is 95.3 Å². The number of hydrogen-bond acceptors (Lipinski definition) is 5. The molecule has 0 radical (unpaired) electrons. The highest BCUT2D eigenvalue weighted by Gasteiger charge is 2.31. The summed E-state index contributed by atoms with van der Waals surface area (Å²) in [7, 11) is 0. The summed E-state index contributed by atoms with van der Waals surface area (Å²) >= 11 is 0. The lowest BCUT2D eigenvalue weighted by Crippen LogP contribution is -2.36. The number of aliphatic hydroxyl groups is 1. The summed E-state index contributed by atoms with van der Waals surface area (Å²) in [5.74, 6) is -0.731. The summed E-state index contributed by atoms with van der Waals surface area (Å²) < 4.78 is 0. The van der Waals surface area contributed by atoms with Crippen molar-refractivity contribution in [2.24, 2.45) is 5.41 Å². The molecule has 1 aromatic rings. The van der Waals surface area contributed by atoms with E-state index in [0.717, 1.165) is 25.7 Å². The van der Waals surface area contributed by atoms with Crippen LogP contribution in [0.4, 0.5) is 5.82 Å². The molecule has 6 nitrogen and oxygen atoms in total. The fraction of sp³-hybridized carbons (Fsp3) is 0.615. The first-order valence-electron chi connectivity index (χ1n) is 6.55. The third-order valence-corrected chi connectivity index (χ3v) is 3.82. The van der Waals surface area contributed by atoms with Crippen molar-refractivity contribution in [3.8, 4) is 0 Å². The van der Waals surface area contributed by atoms with Gasteiger partial charge in [-0.3, -0.25) is 0 Å². The van der Waals surface area contributed by atoms with E-state index >= 15 is 0 Å². The number of rotatable bonds is 5. The molecule has 0 atom stereocenters. The molecule has 0 saturated heterocycles. The molecular weight excluding hydrogens is 246 g/mol. The van der Waals surface area contributed by atoms with Gasteiger partial charge < -0.3 is 15.5 Å². The zero-order valence-electron chi connectivity index (χ0n) is 10.8. The number of carboxylic acids is 1. The quantitative estimate of drug-likeness (QED) is 0.747. The second-order valence-electron chi connectivity index (χ2n) is 5.16. The summed E-state index contributed by atoms with van der Waals surface area (Å²) in [6.45, 7) is 0.661. The van der Waals surface area contributed by atoms with Crippen molar-refractivity contribution in [1.29, 1.82) is 0 Å². The molecule has 1 fully saturated rings. The molecule has 0 aliphatic heterocycles. The molecule has 3 N–H and O–H groups in total. The Bertz CT molecular complexity index is 445. The van der Waals surface area contributed by atoms with Crippen LogP contribution < -0.4 is 5.32 Å². The average Bonchev–Trinajstić information content (AvgIpc) is 2.46. The largest absolute Gasteiger partial charge is 0.477 e. The van der Waals surface area contributed by atoms with Crippen molar-refractivity contribution < 1.29 is 15.0 Å². The number of nitrogens with one attached hydrogen (secondary N) is 1. The SMILES string of the molecule is O=C(O)c1cncnc1NCC1(CO)CCCCC1. The second kappa shape index (κ2) is 5.97. The second-order valence-corrected chi connectivity index (χ2v) is 5.16. The van der Waals surface area contributed by atoms with Crippen LogP contribution in [0.15, 0.2) is 12.5 Å². The Balaban J connectivity index is 2.07. The smallest absolute Gasteiger partial charge is 0.341 e. The van der Waals surface area contributed by atoms with Gasteiger partial charge in [0.1, 0.15) is 17.7 Å². The highest BCUT2D eigenvalue weighted by atomic mass is 16.4. The molecule has 2 rings (SSSR count). The summed E-state index contributed by atoms with van der Waals surface area (Å²) in [6, 6.07) is 0. The van der Waals surface area contributed by atoms with Gasteiger partial charge in [-0.15, -0.1) is 0 Å². The van der Waals surface area contributed by atoms with E-state index in [1.54, 1.807) is 0 Å². The molecule has 0 bridgehead atoms. The number of anilines is 1. The highest BCUT2D eigenvalue weighted by Crippen LogP contribution is 2.36. The van der Waals surface area contributed by atoms with Crippen LogP contribution in [-0.2, 0) is 0 Å². The van der Waals surface area contributed by atoms with Gasteiger partial charge in [-0.1, -0.05) is 19.3 Å². The average molecular weight is 265 g/mol. The van der Waals surface area contributed by atoms with Gasteiger partial charge in [0.2, 0.25) is 0 Å². The van der Waals surface area contributed by atoms with Gasteiger partial charge in [0.05, 0.1) is 6.61 Å². The fourth-order valence-electron chi connectivity index (χ4n) is 2.59. The Labute approximate surface area is 111 Å². The summed E-state index contributed by atoms with van der Waals surface area (Å²) in [5, 5.41) is 21.7. The minimum absolute atomic E-state index is 0.0615. The number of carbonyl (C=O) groups is 1. The minimum Gasteiger partial charge on any atom is -0.477 e. The van der Waals surface area contributed by atoms with Crippen LogP contribution in [0.2, 0.25) is 0 Å². The number of carboxylic acid groups (broad SMARTS) is 1. The monoisotopic (exact) mass is 265 g/mol. The van der Waals surface area contributed by atoms with E-state index in [1.165, 1.54) is 18.9 Å². The van der Waals surface area contributed by atoms with E-state index in [4.69, 9.17) is 5.11 Å². The molecule has 0 aromatic carbocycles. The number of nitrogens with zero attached hydrogens (tertiary/aromatic N) is 2.